The Labute approximate surface area is 327 Å². The smallest absolute Gasteiger partial charge is 0.376 e. The molecule has 4 amide bonds. The van der Waals surface area contributed by atoms with E-state index >= 15 is 0 Å². The Morgan fingerprint density at radius 3 is 2.30 bits per heavy atom. The molecule has 0 radical (unpaired) electrons. The summed E-state index contributed by atoms with van der Waals surface area (Å²) in [5, 5.41) is 5.44. The molecule has 3 rings (SSSR count). The van der Waals surface area contributed by atoms with Crippen molar-refractivity contribution in [2.75, 3.05) is 13.2 Å². The highest BCUT2D eigenvalue weighted by molar-refractivity contribution is 7.46. The van der Waals surface area contributed by atoms with Crippen molar-refractivity contribution in [3.05, 3.63) is 54.1 Å². The second kappa shape index (κ2) is 21.9. The molecule has 0 spiro atoms. The number of amides is 4. The molecule has 1 aliphatic heterocycles. The molecule has 7 atom stereocenters. The van der Waals surface area contributed by atoms with Crippen LogP contribution in [0.15, 0.2) is 42.9 Å². The van der Waals surface area contributed by atoms with Crippen molar-refractivity contribution >= 4 is 43.0 Å². The normalized spacial score (nSPS) is 18.5. The summed E-state index contributed by atoms with van der Waals surface area (Å²) in [6.45, 7) is 8.44. The van der Waals surface area contributed by atoms with Crippen LogP contribution in [0.4, 0.5) is 0 Å². The van der Waals surface area contributed by atoms with Crippen molar-refractivity contribution in [2.24, 2.45) is 23.5 Å². The zero-order valence-corrected chi connectivity index (χ0v) is 33.6. The highest BCUT2D eigenvalue weighted by atomic mass is 31.2. The number of nitrogens with zero attached hydrogens (tertiary/aromatic N) is 2. The summed E-state index contributed by atoms with van der Waals surface area (Å²) in [6, 6.07) is 7.11. The number of primary amides is 1. The van der Waals surface area contributed by atoms with Gasteiger partial charge in [0.1, 0.15) is 6.04 Å². The maximum Gasteiger partial charge on any atom is 0.469 e. The van der Waals surface area contributed by atoms with Crippen LogP contribution in [0, 0.1) is 17.8 Å². The monoisotopic (exact) mass is 804 g/mol. The van der Waals surface area contributed by atoms with Gasteiger partial charge >= 0.3 is 7.82 Å². The molecule has 1 aliphatic rings. The molecule has 56 heavy (non-hydrogen) atoms. The number of ether oxygens (including phenoxy) is 1. The number of phosphoric ester groups is 1. The van der Waals surface area contributed by atoms with Gasteiger partial charge in [0.05, 0.1) is 42.5 Å². The second-order valence-corrected chi connectivity index (χ2v) is 16.1. The molecule has 1 aromatic heterocycles. The summed E-state index contributed by atoms with van der Waals surface area (Å²) < 4.78 is 21.9. The number of nitrogens with one attached hydrogen (secondary N) is 3. The number of rotatable bonds is 24. The van der Waals surface area contributed by atoms with Gasteiger partial charge in [0, 0.05) is 57.6 Å². The number of aromatic nitrogens is 2. The Kier molecular flexibility index (Phi) is 18.0. The molecular formula is C38H57N6O11P. The van der Waals surface area contributed by atoms with Crippen LogP contribution in [0.2, 0.25) is 0 Å². The summed E-state index contributed by atoms with van der Waals surface area (Å²) in [5.41, 5.74) is 7.16. The van der Waals surface area contributed by atoms with E-state index in [0.29, 0.717) is 12.3 Å². The number of phosphoric acid groups is 1. The van der Waals surface area contributed by atoms with Crippen LogP contribution in [-0.2, 0) is 55.4 Å². The number of benzene rings is 1. The van der Waals surface area contributed by atoms with Crippen LogP contribution in [-0.4, -0.2) is 103 Å². The third-order valence-corrected chi connectivity index (χ3v) is 10.4. The molecule has 0 bridgehead atoms. The van der Waals surface area contributed by atoms with Gasteiger partial charge in [-0.25, -0.2) is 9.55 Å². The molecule has 0 aliphatic carbocycles. The average molecular weight is 805 g/mol. The Morgan fingerprint density at radius 1 is 1.02 bits per heavy atom. The number of hydrogen-bond donors (Lipinski definition) is 6. The second-order valence-electron chi connectivity index (χ2n) is 14.9. The number of unbranched alkanes of at least 4 members (excludes halogenated alkanes) is 1. The predicted octanol–water partition coefficient (Wildman–Crippen LogP) is 2.15. The lowest BCUT2D eigenvalue weighted by Crippen LogP contribution is -2.51. The van der Waals surface area contributed by atoms with E-state index in [2.05, 4.69) is 37.3 Å². The molecular weight excluding hydrogens is 747 g/mol. The molecule has 0 saturated carbocycles. The number of aryl methyl sites for hydroxylation is 1. The summed E-state index contributed by atoms with van der Waals surface area (Å²) in [7, 11) is -5.00. The van der Waals surface area contributed by atoms with Crippen molar-refractivity contribution in [3.8, 4) is 0 Å². The predicted molar refractivity (Wildman–Crippen MR) is 204 cm³/mol. The molecule has 17 nitrogen and oxygen atoms in total. The number of likely N-dealkylation sites (tertiary alicyclic amines) is 1. The summed E-state index contributed by atoms with van der Waals surface area (Å²) in [5.74, 6) is -6.03. The minimum Gasteiger partial charge on any atom is -0.376 e. The van der Waals surface area contributed by atoms with E-state index in [4.69, 9.17) is 20.3 Å². The first kappa shape index (κ1) is 46.1. The molecule has 1 aromatic carbocycles. The van der Waals surface area contributed by atoms with Crippen molar-refractivity contribution in [2.45, 2.75) is 116 Å². The number of imidazole rings is 1. The molecule has 7 N–H and O–H groups in total. The number of nitrogens with two attached hydrogens (primary N) is 1. The lowest BCUT2D eigenvalue weighted by Gasteiger charge is -2.27. The van der Waals surface area contributed by atoms with E-state index < -0.39 is 79.6 Å². The van der Waals surface area contributed by atoms with Crippen LogP contribution in [0.3, 0.4) is 0 Å². The van der Waals surface area contributed by atoms with Crippen LogP contribution in [0.1, 0.15) is 84.4 Å². The number of Topliss-reactive ketones (excluding diaryl/α,β-unsaturated/α-hetero) is 2. The van der Waals surface area contributed by atoms with Crippen LogP contribution < -0.4 is 16.4 Å². The van der Waals surface area contributed by atoms with Gasteiger partial charge in [-0.3, -0.25) is 33.3 Å². The van der Waals surface area contributed by atoms with Gasteiger partial charge in [-0.15, -0.1) is 0 Å². The number of aromatic amines is 1. The fraction of sp³-hybridized carbons (Fsp3) is 0.605. The number of hydrogen-bond acceptors (Lipinski definition) is 10. The molecule has 18 heteroatoms. The van der Waals surface area contributed by atoms with Crippen molar-refractivity contribution in [3.63, 3.8) is 0 Å². The van der Waals surface area contributed by atoms with Gasteiger partial charge in [0.25, 0.3) is 0 Å². The summed E-state index contributed by atoms with van der Waals surface area (Å²) >= 11 is 0. The molecule has 1 saturated heterocycles. The molecule has 2 heterocycles. The minimum absolute atomic E-state index is 0.0308. The lowest BCUT2D eigenvalue weighted by molar-refractivity contribution is -0.138. The Bertz CT molecular complexity index is 1670. The van der Waals surface area contributed by atoms with Crippen molar-refractivity contribution in [1.82, 2.24) is 25.5 Å². The van der Waals surface area contributed by atoms with E-state index in [0.717, 1.165) is 19.3 Å². The van der Waals surface area contributed by atoms with Gasteiger partial charge in [-0.05, 0) is 51.0 Å². The SMILES string of the molecule is CC(=O)N1C[C@H](OCCCCc2ccccc2)C[C@H]1C(=O)N[C@@H](CC(C)C)C(=O)C[C@@H](Cc1cnc[nH]1)C(=O)N[C@@H](C)C(=O)C[C@H](C(N)=O)[C@@H](C)OP(=O)(O)O. The Balaban J connectivity index is 1.67. The van der Waals surface area contributed by atoms with Gasteiger partial charge in [0.15, 0.2) is 11.6 Å². The fourth-order valence-electron chi connectivity index (χ4n) is 6.75. The van der Waals surface area contributed by atoms with Crippen LogP contribution >= 0.6 is 7.82 Å². The van der Waals surface area contributed by atoms with Crippen molar-refractivity contribution in [1.29, 1.82) is 0 Å². The van der Waals surface area contributed by atoms with Gasteiger partial charge in [-0.1, -0.05) is 44.2 Å². The standard InChI is InChI=1S/C38H57N6O11P/c1-23(2)15-32(43-38(50)33-18-30(21-44(33)26(5)45)54-14-10-9-13-27-11-7-6-8-12-27)35(47)17-28(16-29-20-40-22-41-29)37(49)42-24(3)34(46)19-31(36(39)48)25(4)55-56(51,52)53/h6-8,11-12,20,22-25,28,30-33H,9-10,13-19,21H2,1-5H3,(H2,39,48)(H,40,41)(H,42,49)(H,43,50)(H2,51,52,53)/t24-,25+,28+,30+,31-,32-,33-/m0/s1. The molecule has 1 fully saturated rings. The highest BCUT2D eigenvalue weighted by Gasteiger charge is 2.41. The zero-order valence-electron chi connectivity index (χ0n) is 32.7. The van der Waals surface area contributed by atoms with Gasteiger partial charge in [-0.2, -0.15) is 0 Å². The third kappa shape index (κ3) is 15.3. The van der Waals surface area contributed by atoms with E-state index in [1.165, 1.54) is 43.8 Å². The third-order valence-electron chi connectivity index (χ3n) is 9.78. The topological polar surface area (TPSA) is 260 Å². The maximum absolute atomic E-state index is 14.0. The largest absolute Gasteiger partial charge is 0.469 e. The first-order chi connectivity index (χ1) is 26.3. The summed E-state index contributed by atoms with van der Waals surface area (Å²) in [6.07, 6.45) is 3.47. The molecule has 0 unspecified atom stereocenters. The Morgan fingerprint density at radius 2 is 1.71 bits per heavy atom. The van der Waals surface area contributed by atoms with Gasteiger partial charge in [0.2, 0.25) is 23.6 Å². The quantitative estimate of drug-likeness (QED) is 0.0659. The zero-order chi connectivity index (χ0) is 41.6. The molecule has 310 valence electrons. The maximum atomic E-state index is 14.0. The number of carbonyl (C=O) groups is 6. The first-order valence-electron chi connectivity index (χ1n) is 18.9. The van der Waals surface area contributed by atoms with E-state index in [9.17, 15) is 33.3 Å². The van der Waals surface area contributed by atoms with Crippen LogP contribution in [0.25, 0.3) is 0 Å². The van der Waals surface area contributed by atoms with E-state index in [1.807, 2.05) is 32.0 Å². The molecule has 2 aromatic rings. The number of H-pyrrole nitrogens is 1. The van der Waals surface area contributed by atoms with Gasteiger partial charge < -0.3 is 40.8 Å². The fourth-order valence-corrected chi connectivity index (χ4v) is 7.33. The number of ketones is 2. The Hall–Kier alpha value is -4.28. The highest BCUT2D eigenvalue weighted by Crippen LogP contribution is 2.39. The van der Waals surface area contributed by atoms with E-state index in [-0.39, 0.29) is 50.2 Å². The van der Waals surface area contributed by atoms with Crippen molar-refractivity contribution < 1.29 is 52.4 Å². The van der Waals surface area contributed by atoms with E-state index in [1.54, 1.807) is 0 Å². The average Bonchev–Trinajstić information content (AvgIpc) is 3.79. The summed E-state index contributed by atoms with van der Waals surface area (Å²) in [4.78, 5) is 106. The first-order valence-corrected chi connectivity index (χ1v) is 20.5. The minimum atomic E-state index is -5.00. The number of carbonyl (C=O) groups excluding carboxylic acids is 6. The van der Waals surface area contributed by atoms with Crippen LogP contribution in [0.5, 0.6) is 0 Å². The lowest BCUT2D eigenvalue weighted by atomic mass is 9.89.